The van der Waals surface area contributed by atoms with E-state index in [-0.39, 0.29) is 11.9 Å². The van der Waals surface area contributed by atoms with Gasteiger partial charge in [0.1, 0.15) is 23.3 Å². The van der Waals surface area contributed by atoms with Gasteiger partial charge in [0.2, 0.25) is 11.8 Å². The lowest BCUT2D eigenvalue weighted by Gasteiger charge is -2.31. The van der Waals surface area contributed by atoms with Gasteiger partial charge in [0.15, 0.2) is 5.82 Å². The van der Waals surface area contributed by atoms with Crippen LogP contribution >= 0.6 is 0 Å². The third kappa shape index (κ3) is 4.08. The molecule has 0 aromatic carbocycles. The van der Waals surface area contributed by atoms with E-state index in [9.17, 15) is 4.39 Å². The number of anilines is 4. The largest absolute Gasteiger partial charge is 0.480 e. The Balaban J connectivity index is 1.80. The second kappa shape index (κ2) is 8.45. The number of rotatable bonds is 6. The van der Waals surface area contributed by atoms with E-state index < -0.39 is 5.82 Å². The molecule has 30 heavy (non-hydrogen) atoms. The van der Waals surface area contributed by atoms with Crippen LogP contribution in [-0.4, -0.2) is 63.5 Å². The molecule has 0 amide bonds. The number of hydrogen-bond donors (Lipinski definition) is 3. The van der Waals surface area contributed by atoms with E-state index in [0.717, 1.165) is 18.0 Å². The zero-order valence-electron chi connectivity index (χ0n) is 16.6. The van der Waals surface area contributed by atoms with Gasteiger partial charge in [0, 0.05) is 30.6 Å². The third-order valence-electron chi connectivity index (χ3n) is 4.73. The zero-order valence-corrected chi connectivity index (χ0v) is 16.6. The molecule has 4 N–H and O–H groups in total. The third-order valence-corrected chi connectivity index (χ3v) is 4.73. The Morgan fingerprint density at radius 3 is 2.67 bits per heavy atom. The number of H-pyrrole nitrogens is 1. The molecule has 1 saturated heterocycles. The number of aromatic nitrogens is 6. The van der Waals surface area contributed by atoms with E-state index >= 15 is 0 Å². The molecule has 12 heteroatoms. The van der Waals surface area contributed by atoms with Crippen molar-refractivity contribution < 1.29 is 13.9 Å². The monoisotopic (exact) mass is 415 g/mol. The molecule has 11 nitrogen and oxygen atoms in total. The minimum absolute atomic E-state index is 0.112. The highest BCUT2D eigenvalue weighted by Crippen LogP contribution is 2.36. The maximum Gasteiger partial charge on any atom is 0.234 e. The molecule has 0 radical (unpaired) electrons. The van der Waals surface area contributed by atoms with Crippen molar-refractivity contribution in [1.29, 1.82) is 0 Å². The molecule has 4 heterocycles. The van der Waals surface area contributed by atoms with Crippen molar-refractivity contribution in [3.63, 3.8) is 0 Å². The molecular weight excluding hydrogens is 393 g/mol. The summed E-state index contributed by atoms with van der Waals surface area (Å²) in [7, 11) is 1.53. The van der Waals surface area contributed by atoms with E-state index in [1.165, 1.54) is 7.11 Å². The molecule has 0 unspecified atom stereocenters. The minimum Gasteiger partial charge on any atom is -0.480 e. The van der Waals surface area contributed by atoms with Crippen LogP contribution in [0.4, 0.5) is 27.8 Å². The fraction of sp³-hybridized carbons (Fsp3) is 0.389. The molecule has 1 aliphatic rings. The Kier molecular flexibility index (Phi) is 5.57. The predicted molar refractivity (Wildman–Crippen MR) is 107 cm³/mol. The summed E-state index contributed by atoms with van der Waals surface area (Å²) in [4.78, 5) is 19.3. The van der Waals surface area contributed by atoms with Crippen molar-refractivity contribution >= 4 is 23.4 Å². The molecule has 3 aromatic heterocycles. The van der Waals surface area contributed by atoms with Gasteiger partial charge in [-0.2, -0.15) is 9.97 Å². The highest BCUT2D eigenvalue weighted by atomic mass is 19.1. The number of nitrogens with zero attached hydrogens (tertiary/aromatic N) is 6. The number of halogens is 1. The van der Waals surface area contributed by atoms with Gasteiger partial charge in [-0.15, -0.1) is 5.10 Å². The SMILES string of the molecule is COc1cc(Nc2nc(N)nc(N3CCOCC3)c2[C@H](C)c2ncc(F)cn2)[nH]n1. The van der Waals surface area contributed by atoms with E-state index in [0.29, 0.717) is 55.5 Å². The lowest BCUT2D eigenvalue weighted by molar-refractivity contribution is 0.122. The summed E-state index contributed by atoms with van der Waals surface area (Å²) in [6.45, 7) is 4.36. The van der Waals surface area contributed by atoms with Gasteiger partial charge in [-0.3, -0.25) is 5.10 Å². The lowest BCUT2D eigenvalue weighted by Crippen LogP contribution is -2.38. The number of morpholine rings is 1. The van der Waals surface area contributed by atoms with Crippen LogP contribution in [0.5, 0.6) is 5.88 Å². The van der Waals surface area contributed by atoms with Crippen molar-refractivity contribution in [3.8, 4) is 5.88 Å². The number of aromatic amines is 1. The van der Waals surface area contributed by atoms with Crippen molar-refractivity contribution in [2.75, 3.05) is 49.4 Å². The summed E-state index contributed by atoms with van der Waals surface area (Å²) in [5.74, 6) is 1.80. The highest BCUT2D eigenvalue weighted by molar-refractivity contribution is 5.68. The number of nitrogens with two attached hydrogens (primary N) is 1. The van der Waals surface area contributed by atoms with E-state index in [1.807, 2.05) is 6.92 Å². The molecule has 3 aromatic rings. The van der Waals surface area contributed by atoms with Crippen LogP contribution in [0.3, 0.4) is 0 Å². The number of ether oxygens (including phenoxy) is 2. The second-order valence-corrected chi connectivity index (χ2v) is 6.70. The fourth-order valence-electron chi connectivity index (χ4n) is 3.26. The molecule has 0 saturated carbocycles. The molecular formula is C18H22FN9O2. The van der Waals surface area contributed by atoms with Crippen molar-refractivity contribution in [3.05, 3.63) is 35.7 Å². The lowest BCUT2D eigenvalue weighted by atomic mass is 10.00. The first kappa shape index (κ1) is 19.8. The summed E-state index contributed by atoms with van der Waals surface area (Å²) in [5, 5.41) is 10.1. The Bertz CT molecular complexity index is 1010. The van der Waals surface area contributed by atoms with Crippen molar-refractivity contribution in [1.82, 2.24) is 30.1 Å². The zero-order chi connectivity index (χ0) is 21.1. The van der Waals surface area contributed by atoms with Crippen molar-refractivity contribution in [2.45, 2.75) is 12.8 Å². The smallest absolute Gasteiger partial charge is 0.234 e. The summed E-state index contributed by atoms with van der Waals surface area (Å²) in [6.07, 6.45) is 2.27. The van der Waals surface area contributed by atoms with Crippen LogP contribution < -0.4 is 20.7 Å². The molecule has 158 valence electrons. The first-order chi connectivity index (χ1) is 14.5. The normalized spacial score (nSPS) is 15.1. The van der Waals surface area contributed by atoms with Gasteiger partial charge >= 0.3 is 0 Å². The molecule has 1 aliphatic heterocycles. The van der Waals surface area contributed by atoms with Gasteiger partial charge in [-0.05, 0) is 0 Å². The van der Waals surface area contributed by atoms with Gasteiger partial charge in [-0.1, -0.05) is 6.92 Å². The van der Waals surface area contributed by atoms with Crippen LogP contribution in [0.1, 0.15) is 24.2 Å². The maximum atomic E-state index is 13.4. The van der Waals surface area contributed by atoms with Gasteiger partial charge in [0.05, 0.1) is 32.7 Å². The quantitative estimate of drug-likeness (QED) is 0.542. The van der Waals surface area contributed by atoms with E-state index in [4.69, 9.17) is 15.2 Å². The Morgan fingerprint density at radius 2 is 2.00 bits per heavy atom. The van der Waals surface area contributed by atoms with Crippen molar-refractivity contribution in [2.24, 2.45) is 0 Å². The highest BCUT2D eigenvalue weighted by Gasteiger charge is 2.27. The average molecular weight is 415 g/mol. The second-order valence-electron chi connectivity index (χ2n) is 6.70. The Labute approximate surface area is 171 Å². The molecule has 0 spiro atoms. The van der Waals surface area contributed by atoms with Crippen LogP contribution in [0, 0.1) is 5.82 Å². The molecule has 1 atom stereocenters. The predicted octanol–water partition coefficient (Wildman–Crippen LogP) is 1.45. The topological polar surface area (TPSA) is 140 Å². The summed E-state index contributed by atoms with van der Waals surface area (Å²) < 4.78 is 23.9. The Hall–Kier alpha value is -3.54. The van der Waals surface area contributed by atoms with Crippen LogP contribution in [0.15, 0.2) is 18.5 Å². The number of hydrogen-bond acceptors (Lipinski definition) is 10. The van der Waals surface area contributed by atoms with Gasteiger partial charge < -0.3 is 25.4 Å². The van der Waals surface area contributed by atoms with E-state index in [1.54, 1.807) is 6.07 Å². The minimum atomic E-state index is -0.504. The standard InChI is InChI=1S/C18H22FN9O2/c1-10(15-21-8-11(19)9-22-15)14-16(23-12-7-13(29-2)27-26-12)24-18(20)25-17(14)28-3-5-30-6-4-28/h7-10H,3-6H2,1-2H3,(H4,20,23,24,25,26,27)/t10-/m0/s1. The van der Waals surface area contributed by atoms with Gasteiger partial charge in [-0.25, -0.2) is 14.4 Å². The summed E-state index contributed by atoms with van der Waals surface area (Å²) >= 11 is 0. The summed E-state index contributed by atoms with van der Waals surface area (Å²) in [5.41, 5.74) is 6.76. The van der Waals surface area contributed by atoms with Gasteiger partial charge in [0.25, 0.3) is 0 Å². The Morgan fingerprint density at radius 1 is 1.27 bits per heavy atom. The molecule has 4 rings (SSSR count). The number of nitrogens with one attached hydrogen (secondary N) is 2. The van der Waals surface area contributed by atoms with Crippen LogP contribution in [0.25, 0.3) is 0 Å². The maximum absolute atomic E-state index is 13.4. The first-order valence-corrected chi connectivity index (χ1v) is 9.39. The van der Waals surface area contributed by atoms with Crippen LogP contribution in [-0.2, 0) is 4.74 Å². The summed E-state index contributed by atoms with van der Waals surface area (Å²) in [6, 6.07) is 1.69. The number of methoxy groups -OCH3 is 1. The number of nitrogen functional groups attached to an aromatic ring is 1. The molecule has 0 aliphatic carbocycles. The van der Waals surface area contributed by atoms with Crippen LogP contribution in [0.2, 0.25) is 0 Å². The average Bonchev–Trinajstić information content (AvgIpc) is 3.21. The molecule has 0 bridgehead atoms. The first-order valence-electron chi connectivity index (χ1n) is 9.39. The van der Waals surface area contributed by atoms with E-state index in [2.05, 4.69) is 40.3 Å². The fourth-order valence-corrected chi connectivity index (χ4v) is 3.26. The molecule has 1 fully saturated rings.